The molecule has 7 nitrogen and oxygen atoms in total. The first-order chi connectivity index (χ1) is 14.5. The van der Waals surface area contributed by atoms with E-state index in [1.165, 1.54) is 0 Å². The Morgan fingerprint density at radius 3 is 2.27 bits per heavy atom. The number of benzene rings is 1. The average molecular weight is 435 g/mol. The van der Waals surface area contributed by atoms with Gasteiger partial charge >= 0.3 is 12.0 Å². The van der Waals surface area contributed by atoms with Crippen molar-refractivity contribution < 1.29 is 14.3 Å². The molecule has 0 unspecified atom stereocenters. The van der Waals surface area contributed by atoms with E-state index in [1.807, 2.05) is 19.1 Å². The quantitative estimate of drug-likeness (QED) is 0.668. The SMILES string of the molecule is CCOC(=O)C1=C(CN2CCN(CC)CC2)N(CC)C(=O)N[C@H]1c1ccc(Cl)cc1. The number of carbonyl (C=O) groups excluding carboxylic acids is 2. The molecule has 8 heteroatoms. The molecule has 2 heterocycles. The number of carbonyl (C=O) groups is 2. The van der Waals surface area contributed by atoms with Crippen molar-refractivity contribution in [3.05, 3.63) is 46.1 Å². The summed E-state index contributed by atoms with van der Waals surface area (Å²) < 4.78 is 5.41. The van der Waals surface area contributed by atoms with Crippen LogP contribution in [0.25, 0.3) is 0 Å². The largest absolute Gasteiger partial charge is 0.463 e. The van der Waals surface area contributed by atoms with Crippen LogP contribution < -0.4 is 5.32 Å². The zero-order valence-electron chi connectivity index (χ0n) is 18.0. The Hall–Kier alpha value is -2.09. The molecule has 164 valence electrons. The van der Waals surface area contributed by atoms with Crippen LogP contribution in [0.3, 0.4) is 0 Å². The molecule has 1 aromatic carbocycles. The van der Waals surface area contributed by atoms with Crippen LogP contribution in [0.1, 0.15) is 32.4 Å². The molecule has 2 aliphatic rings. The molecule has 1 fully saturated rings. The second-order valence-corrected chi connectivity index (χ2v) is 7.91. The number of nitrogens with zero attached hydrogens (tertiary/aromatic N) is 3. The fourth-order valence-corrected chi connectivity index (χ4v) is 4.16. The Bertz CT molecular complexity index is 788. The third kappa shape index (κ3) is 4.96. The van der Waals surface area contributed by atoms with Gasteiger partial charge in [-0.1, -0.05) is 30.7 Å². The van der Waals surface area contributed by atoms with E-state index >= 15 is 0 Å². The number of nitrogens with one attached hydrogen (secondary N) is 1. The van der Waals surface area contributed by atoms with Crippen molar-refractivity contribution in [1.82, 2.24) is 20.0 Å². The van der Waals surface area contributed by atoms with E-state index in [4.69, 9.17) is 16.3 Å². The van der Waals surface area contributed by atoms with Crippen LogP contribution in [0, 0.1) is 0 Å². The Balaban J connectivity index is 2.00. The van der Waals surface area contributed by atoms with Crippen molar-refractivity contribution >= 4 is 23.6 Å². The third-order valence-corrected chi connectivity index (χ3v) is 5.99. The lowest BCUT2D eigenvalue weighted by molar-refractivity contribution is -0.139. The number of urea groups is 1. The predicted octanol–water partition coefficient (Wildman–Crippen LogP) is 2.88. The van der Waals surface area contributed by atoms with Gasteiger partial charge in [0.05, 0.1) is 18.2 Å². The van der Waals surface area contributed by atoms with Gasteiger partial charge in [-0.2, -0.15) is 0 Å². The molecular weight excluding hydrogens is 404 g/mol. The fraction of sp³-hybridized carbons (Fsp3) is 0.545. The number of amides is 2. The Labute approximate surface area is 183 Å². The van der Waals surface area contributed by atoms with Gasteiger partial charge in [0.15, 0.2) is 0 Å². The maximum absolute atomic E-state index is 13.1. The lowest BCUT2D eigenvalue weighted by Crippen LogP contribution is -2.53. The summed E-state index contributed by atoms with van der Waals surface area (Å²) in [6.07, 6.45) is 0. The Morgan fingerprint density at radius 2 is 1.70 bits per heavy atom. The van der Waals surface area contributed by atoms with Crippen LogP contribution >= 0.6 is 11.6 Å². The van der Waals surface area contributed by atoms with E-state index in [-0.39, 0.29) is 12.6 Å². The lowest BCUT2D eigenvalue weighted by Gasteiger charge is -2.40. The summed E-state index contributed by atoms with van der Waals surface area (Å²) in [5.74, 6) is -0.391. The van der Waals surface area contributed by atoms with Crippen molar-refractivity contribution in [1.29, 1.82) is 0 Å². The van der Waals surface area contributed by atoms with Crippen molar-refractivity contribution in [2.45, 2.75) is 26.8 Å². The molecule has 2 amide bonds. The maximum Gasteiger partial charge on any atom is 0.338 e. The van der Waals surface area contributed by atoms with Gasteiger partial charge in [0.1, 0.15) is 0 Å². The summed E-state index contributed by atoms with van der Waals surface area (Å²) in [7, 11) is 0. The molecule has 30 heavy (non-hydrogen) atoms. The molecule has 0 saturated carbocycles. The van der Waals surface area contributed by atoms with Crippen molar-refractivity contribution in [2.75, 3.05) is 52.4 Å². The molecule has 0 aromatic heterocycles. The molecule has 3 rings (SSSR count). The Morgan fingerprint density at radius 1 is 1.07 bits per heavy atom. The van der Waals surface area contributed by atoms with Gasteiger partial charge in [0, 0.05) is 50.0 Å². The van der Waals surface area contributed by atoms with E-state index in [1.54, 1.807) is 24.0 Å². The minimum Gasteiger partial charge on any atom is -0.463 e. The van der Waals surface area contributed by atoms with Gasteiger partial charge in [-0.15, -0.1) is 0 Å². The summed E-state index contributed by atoms with van der Waals surface area (Å²) in [6.45, 7) is 12.0. The van der Waals surface area contributed by atoms with E-state index in [0.29, 0.717) is 23.7 Å². The van der Waals surface area contributed by atoms with Crippen LogP contribution in [0.15, 0.2) is 35.5 Å². The normalized spacial score (nSPS) is 21.0. The van der Waals surface area contributed by atoms with Gasteiger partial charge in [0.25, 0.3) is 0 Å². The van der Waals surface area contributed by atoms with E-state index in [2.05, 4.69) is 22.0 Å². The average Bonchev–Trinajstić information content (AvgIpc) is 2.75. The van der Waals surface area contributed by atoms with Crippen molar-refractivity contribution in [3.8, 4) is 0 Å². The molecule has 1 atom stereocenters. The smallest absolute Gasteiger partial charge is 0.338 e. The van der Waals surface area contributed by atoms with E-state index in [9.17, 15) is 9.59 Å². The zero-order valence-corrected chi connectivity index (χ0v) is 18.7. The molecular formula is C22H31ClN4O3. The minimum absolute atomic E-state index is 0.201. The standard InChI is InChI=1S/C22H31ClN4O3/c1-4-25-11-13-26(14-12-25)15-18-19(21(28)30-6-3)20(24-22(29)27(18)5-2)16-7-9-17(23)10-8-16/h7-10,20H,4-6,11-15H2,1-3H3,(H,24,29)/t20-/m0/s1. The maximum atomic E-state index is 13.1. The van der Waals surface area contributed by atoms with Crippen LogP contribution in [0.2, 0.25) is 5.02 Å². The number of halogens is 1. The molecule has 0 radical (unpaired) electrons. The number of ether oxygens (including phenoxy) is 1. The van der Waals surface area contributed by atoms with Crippen LogP contribution in [-0.4, -0.2) is 79.1 Å². The van der Waals surface area contributed by atoms with Crippen LogP contribution in [0.4, 0.5) is 4.79 Å². The summed E-state index contributed by atoms with van der Waals surface area (Å²) in [5, 5.41) is 3.59. The molecule has 1 aromatic rings. The highest BCUT2D eigenvalue weighted by Gasteiger charge is 2.38. The zero-order chi connectivity index (χ0) is 21.7. The molecule has 2 aliphatic heterocycles. The molecule has 0 aliphatic carbocycles. The van der Waals surface area contributed by atoms with Gasteiger partial charge in [-0.25, -0.2) is 9.59 Å². The van der Waals surface area contributed by atoms with Crippen LogP contribution in [0.5, 0.6) is 0 Å². The lowest BCUT2D eigenvalue weighted by atomic mass is 9.94. The molecule has 1 saturated heterocycles. The number of piperazine rings is 1. The van der Waals surface area contributed by atoms with Crippen LogP contribution in [-0.2, 0) is 9.53 Å². The number of likely N-dealkylation sites (N-methyl/N-ethyl adjacent to an activating group) is 2. The monoisotopic (exact) mass is 434 g/mol. The second-order valence-electron chi connectivity index (χ2n) is 7.47. The predicted molar refractivity (Wildman–Crippen MR) is 117 cm³/mol. The number of esters is 1. The number of hydrogen-bond acceptors (Lipinski definition) is 5. The third-order valence-electron chi connectivity index (χ3n) is 5.74. The van der Waals surface area contributed by atoms with Crippen molar-refractivity contribution in [3.63, 3.8) is 0 Å². The first-order valence-electron chi connectivity index (χ1n) is 10.7. The first-order valence-corrected chi connectivity index (χ1v) is 11.0. The summed E-state index contributed by atoms with van der Waals surface area (Å²) >= 11 is 6.04. The first kappa shape index (κ1) is 22.6. The summed E-state index contributed by atoms with van der Waals surface area (Å²) in [6, 6.07) is 6.44. The highest BCUT2D eigenvalue weighted by Crippen LogP contribution is 2.32. The minimum atomic E-state index is -0.566. The number of hydrogen-bond donors (Lipinski definition) is 1. The topological polar surface area (TPSA) is 65.1 Å². The van der Waals surface area contributed by atoms with Gasteiger partial charge in [-0.05, 0) is 38.1 Å². The molecule has 0 spiro atoms. The highest BCUT2D eigenvalue weighted by atomic mass is 35.5. The van der Waals surface area contributed by atoms with E-state index in [0.717, 1.165) is 44.0 Å². The second kappa shape index (κ2) is 10.3. The Kier molecular flexibility index (Phi) is 7.75. The van der Waals surface area contributed by atoms with E-state index < -0.39 is 12.0 Å². The molecule has 0 bridgehead atoms. The molecule has 1 N–H and O–H groups in total. The summed E-state index contributed by atoms with van der Waals surface area (Å²) in [4.78, 5) is 32.4. The van der Waals surface area contributed by atoms with Crippen molar-refractivity contribution in [2.24, 2.45) is 0 Å². The number of rotatable bonds is 7. The summed E-state index contributed by atoms with van der Waals surface area (Å²) in [5.41, 5.74) is 2.03. The van der Waals surface area contributed by atoms with Gasteiger partial charge in [-0.3, -0.25) is 9.80 Å². The highest BCUT2D eigenvalue weighted by molar-refractivity contribution is 6.30. The fourth-order valence-electron chi connectivity index (χ4n) is 4.04. The van der Waals surface area contributed by atoms with Gasteiger partial charge < -0.3 is 15.0 Å². The van der Waals surface area contributed by atoms with Gasteiger partial charge in [0.2, 0.25) is 0 Å².